The Balaban J connectivity index is 1.26. The van der Waals surface area contributed by atoms with Crippen molar-refractivity contribution in [1.82, 2.24) is 9.13 Å². The Labute approximate surface area is 293 Å². The molecular weight excluding hydrogens is 621 g/mol. The van der Waals surface area contributed by atoms with Crippen LogP contribution in [0.3, 0.4) is 0 Å². The zero-order valence-electron chi connectivity index (χ0n) is 27.6. The minimum absolute atomic E-state index is 0.907. The Hall–Kier alpha value is -6.84. The van der Waals surface area contributed by atoms with Gasteiger partial charge in [-0.3, -0.25) is 0 Å². The normalized spacial score (nSPS) is 11.9. The molecule has 0 bridgehead atoms. The van der Waals surface area contributed by atoms with E-state index in [1.165, 1.54) is 65.9 Å². The lowest BCUT2D eigenvalue weighted by molar-refractivity contribution is 0.669. The molecule has 0 fully saturated rings. The van der Waals surface area contributed by atoms with Gasteiger partial charge >= 0.3 is 0 Å². The minimum atomic E-state index is 0.907. The number of hydrogen-bond acceptors (Lipinski definition) is 1. The molecule has 0 aliphatic rings. The highest BCUT2D eigenvalue weighted by atomic mass is 16.3. The molecular formula is C48H30N2O. The summed E-state index contributed by atoms with van der Waals surface area (Å²) in [4.78, 5) is 0. The van der Waals surface area contributed by atoms with Crippen LogP contribution < -0.4 is 0 Å². The molecule has 0 atom stereocenters. The van der Waals surface area contributed by atoms with Gasteiger partial charge in [0, 0.05) is 43.7 Å². The van der Waals surface area contributed by atoms with Crippen LogP contribution in [0.5, 0.6) is 0 Å². The molecule has 0 radical (unpaired) electrons. The van der Waals surface area contributed by atoms with Crippen molar-refractivity contribution >= 4 is 65.6 Å². The summed E-state index contributed by atoms with van der Waals surface area (Å²) in [5.41, 5.74) is 13.6. The standard InChI is InChI=1S/C48H30N2O/c1-3-13-31(14-4-1)32-15-11-18-35(29-32)50-42-22-9-7-19-37(42)38-26-27-39-41-30-33(36-21-12-24-45-46(36)40-20-8-10-23-44(40)51-45)25-28-43(41)49(48(39)47(38)50)34-16-5-2-6-17-34/h1-30H. The van der Waals surface area contributed by atoms with Crippen LogP contribution in [0.1, 0.15) is 0 Å². The van der Waals surface area contributed by atoms with E-state index in [-0.39, 0.29) is 0 Å². The number of furan rings is 1. The van der Waals surface area contributed by atoms with Crippen LogP contribution in [-0.4, -0.2) is 9.13 Å². The number of para-hydroxylation sites is 3. The third-order valence-electron chi connectivity index (χ3n) is 10.5. The summed E-state index contributed by atoms with van der Waals surface area (Å²) < 4.78 is 11.2. The molecule has 0 N–H and O–H groups in total. The second-order valence-corrected chi connectivity index (χ2v) is 13.3. The van der Waals surface area contributed by atoms with Crippen LogP contribution in [0.15, 0.2) is 186 Å². The van der Waals surface area contributed by atoms with Gasteiger partial charge in [-0.15, -0.1) is 0 Å². The van der Waals surface area contributed by atoms with E-state index < -0.39 is 0 Å². The molecule has 0 aliphatic carbocycles. The maximum absolute atomic E-state index is 6.30. The van der Waals surface area contributed by atoms with Crippen molar-refractivity contribution in [2.45, 2.75) is 0 Å². The van der Waals surface area contributed by atoms with Gasteiger partial charge in [-0.2, -0.15) is 0 Å². The first-order chi connectivity index (χ1) is 25.3. The number of aromatic nitrogens is 2. The van der Waals surface area contributed by atoms with E-state index in [1.807, 2.05) is 6.07 Å². The van der Waals surface area contributed by atoms with Crippen molar-refractivity contribution in [3.63, 3.8) is 0 Å². The first kappa shape index (κ1) is 28.0. The van der Waals surface area contributed by atoms with E-state index >= 15 is 0 Å². The lowest BCUT2D eigenvalue weighted by atomic mass is 9.98. The average Bonchev–Trinajstić information content (AvgIpc) is 3.86. The zero-order valence-corrected chi connectivity index (χ0v) is 27.6. The van der Waals surface area contributed by atoms with Gasteiger partial charge in [-0.1, -0.05) is 127 Å². The molecule has 0 spiro atoms. The Morgan fingerprint density at radius 1 is 0.333 bits per heavy atom. The monoisotopic (exact) mass is 650 g/mol. The van der Waals surface area contributed by atoms with Crippen LogP contribution in [0.25, 0.3) is 99.2 Å². The van der Waals surface area contributed by atoms with E-state index in [2.05, 4.69) is 185 Å². The van der Waals surface area contributed by atoms with Crippen molar-refractivity contribution in [1.29, 1.82) is 0 Å². The van der Waals surface area contributed by atoms with Gasteiger partial charge < -0.3 is 13.6 Å². The Morgan fingerprint density at radius 2 is 0.941 bits per heavy atom. The second kappa shape index (κ2) is 10.8. The van der Waals surface area contributed by atoms with Gasteiger partial charge in [0.15, 0.2) is 0 Å². The molecule has 3 aromatic heterocycles. The lowest BCUT2D eigenvalue weighted by Crippen LogP contribution is -1.98. The summed E-state index contributed by atoms with van der Waals surface area (Å²) in [5, 5.41) is 7.20. The molecule has 11 aromatic rings. The first-order valence-electron chi connectivity index (χ1n) is 17.4. The van der Waals surface area contributed by atoms with Crippen molar-refractivity contribution in [3.05, 3.63) is 182 Å². The predicted octanol–water partition coefficient (Wildman–Crippen LogP) is 13.1. The van der Waals surface area contributed by atoms with Gasteiger partial charge in [0.05, 0.1) is 22.1 Å². The molecule has 3 heterocycles. The smallest absolute Gasteiger partial charge is 0.136 e. The number of benzene rings is 8. The Kier molecular flexibility index (Phi) is 5.96. The molecule has 11 rings (SSSR count). The fraction of sp³-hybridized carbons (Fsp3) is 0. The SMILES string of the molecule is c1ccc(-c2cccc(-n3c4ccccc4c4ccc5c6cc(-c7cccc8oc9ccccc9c78)ccc6n(-c6ccccc6)c5c43)c2)cc1. The van der Waals surface area contributed by atoms with Gasteiger partial charge in [0.2, 0.25) is 0 Å². The Bertz CT molecular complexity index is 3130. The van der Waals surface area contributed by atoms with Crippen LogP contribution in [-0.2, 0) is 0 Å². The van der Waals surface area contributed by atoms with E-state index in [4.69, 9.17) is 4.42 Å². The van der Waals surface area contributed by atoms with Gasteiger partial charge in [-0.25, -0.2) is 0 Å². The van der Waals surface area contributed by atoms with Crippen molar-refractivity contribution in [3.8, 4) is 33.6 Å². The van der Waals surface area contributed by atoms with Crippen LogP contribution in [0, 0.1) is 0 Å². The van der Waals surface area contributed by atoms with E-state index in [1.54, 1.807) is 0 Å². The quantitative estimate of drug-likeness (QED) is 0.186. The first-order valence-corrected chi connectivity index (χ1v) is 17.4. The topological polar surface area (TPSA) is 23.0 Å². The maximum atomic E-state index is 6.30. The van der Waals surface area contributed by atoms with Crippen molar-refractivity contribution < 1.29 is 4.42 Å². The summed E-state index contributed by atoms with van der Waals surface area (Å²) in [6.45, 7) is 0. The van der Waals surface area contributed by atoms with Crippen molar-refractivity contribution in [2.24, 2.45) is 0 Å². The number of hydrogen-bond donors (Lipinski definition) is 0. The largest absolute Gasteiger partial charge is 0.456 e. The van der Waals surface area contributed by atoms with Crippen LogP contribution >= 0.6 is 0 Å². The molecule has 0 aliphatic heterocycles. The molecule has 0 saturated carbocycles. The number of rotatable bonds is 4. The summed E-state index contributed by atoms with van der Waals surface area (Å²) in [5.74, 6) is 0. The highest BCUT2D eigenvalue weighted by Gasteiger charge is 2.22. The van der Waals surface area contributed by atoms with E-state index in [0.717, 1.165) is 33.3 Å². The second-order valence-electron chi connectivity index (χ2n) is 13.3. The van der Waals surface area contributed by atoms with E-state index in [9.17, 15) is 0 Å². The fourth-order valence-electron chi connectivity index (χ4n) is 8.30. The summed E-state index contributed by atoms with van der Waals surface area (Å²) in [6.07, 6.45) is 0. The highest BCUT2D eigenvalue weighted by Crippen LogP contribution is 2.44. The number of nitrogens with zero attached hydrogens (tertiary/aromatic N) is 2. The van der Waals surface area contributed by atoms with Gasteiger partial charge in [-0.05, 0) is 76.9 Å². The van der Waals surface area contributed by atoms with Gasteiger partial charge in [0.1, 0.15) is 11.2 Å². The zero-order chi connectivity index (χ0) is 33.5. The molecule has 3 nitrogen and oxygen atoms in total. The third-order valence-corrected chi connectivity index (χ3v) is 10.5. The average molecular weight is 651 g/mol. The molecule has 0 amide bonds. The predicted molar refractivity (Wildman–Crippen MR) is 213 cm³/mol. The third kappa shape index (κ3) is 4.12. The molecule has 3 heteroatoms. The minimum Gasteiger partial charge on any atom is -0.456 e. The Morgan fingerprint density at radius 3 is 1.78 bits per heavy atom. The maximum Gasteiger partial charge on any atom is 0.136 e. The highest BCUT2D eigenvalue weighted by molar-refractivity contribution is 6.24. The molecule has 0 unspecified atom stereocenters. The molecule has 238 valence electrons. The number of fused-ring (bicyclic) bond motifs is 10. The lowest BCUT2D eigenvalue weighted by Gasteiger charge is -2.13. The van der Waals surface area contributed by atoms with Crippen LogP contribution in [0.4, 0.5) is 0 Å². The molecule has 0 saturated heterocycles. The van der Waals surface area contributed by atoms with Crippen molar-refractivity contribution in [2.75, 3.05) is 0 Å². The summed E-state index contributed by atoms with van der Waals surface area (Å²) >= 11 is 0. The summed E-state index contributed by atoms with van der Waals surface area (Å²) in [6, 6.07) is 65.5. The molecule has 51 heavy (non-hydrogen) atoms. The summed E-state index contributed by atoms with van der Waals surface area (Å²) in [7, 11) is 0. The van der Waals surface area contributed by atoms with Crippen LogP contribution in [0.2, 0.25) is 0 Å². The molecule has 8 aromatic carbocycles. The van der Waals surface area contributed by atoms with Gasteiger partial charge in [0.25, 0.3) is 0 Å². The fourth-order valence-corrected chi connectivity index (χ4v) is 8.30. The van der Waals surface area contributed by atoms with E-state index in [0.29, 0.717) is 0 Å².